The lowest BCUT2D eigenvalue weighted by atomic mass is 9.93. The van der Waals surface area contributed by atoms with E-state index in [2.05, 4.69) is 38.8 Å². The third-order valence-corrected chi connectivity index (χ3v) is 4.81. The Balaban J connectivity index is 1.92. The van der Waals surface area contributed by atoms with Crippen LogP contribution < -0.4 is 4.90 Å². The smallest absolute Gasteiger partial charge is 0.214 e. The van der Waals surface area contributed by atoms with Crippen molar-refractivity contribution in [3.63, 3.8) is 0 Å². The summed E-state index contributed by atoms with van der Waals surface area (Å²) in [6.45, 7) is 9.99. The van der Waals surface area contributed by atoms with E-state index in [-0.39, 0.29) is 5.41 Å². The van der Waals surface area contributed by atoms with Gasteiger partial charge in [0.15, 0.2) is 0 Å². The molecule has 1 aliphatic rings. The average Bonchev–Trinajstić information content (AvgIpc) is 2.86. The number of fused-ring (bicyclic) bond motifs is 1. The molecule has 4 nitrogen and oxygen atoms in total. The average molecular weight is 278 g/mol. The van der Waals surface area contributed by atoms with Crippen molar-refractivity contribution in [2.45, 2.75) is 58.4 Å². The first-order valence-electron chi connectivity index (χ1n) is 7.08. The Morgan fingerprint density at radius 1 is 1.32 bits per heavy atom. The van der Waals surface area contributed by atoms with Gasteiger partial charge in [0.25, 0.3) is 0 Å². The Bertz CT molecular complexity index is 546. The number of rotatable bonds is 1. The Morgan fingerprint density at radius 2 is 2.11 bits per heavy atom. The van der Waals surface area contributed by atoms with Gasteiger partial charge in [0.05, 0.1) is 11.9 Å². The number of nitrogens with zero attached hydrogens (tertiary/aromatic N) is 4. The second kappa shape index (κ2) is 4.47. The zero-order chi connectivity index (χ0) is 13.6. The molecule has 1 aliphatic heterocycles. The van der Waals surface area contributed by atoms with Crippen LogP contribution in [0.2, 0.25) is 0 Å². The van der Waals surface area contributed by atoms with Crippen LogP contribution in [0.25, 0.3) is 4.96 Å². The van der Waals surface area contributed by atoms with Gasteiger partial charge in [-0.15, -0.1) is 5.10 Å². The van der Waals surface area contributed by atoms with Crippen LogP contribution in [-0.2, 0) is 5.41 Å². The second-order valence-corrected chi connectivity index (χ2v) is 7.46. The molecular weight excluding hydrogens is 256 g/mol. The fraction of sp³-hybridized carbons (Fsp3) is 0.714. The molecule has 19 heavy (non-hydrogen) atoms. The Morgan fingerprint density at radius 3 is 2.74 bits per heavy atom. The number of imidazole rings is 1. The molecule has 0 saturated carbocycles. The van der Waals surface area contributed by atoms with Crippen LogP contribution >= 0.6 is 11.3 Å². The molecule has 0 aromatic carbocycles. The maximum atomic E-state index is 4.72. The predicted molar refractivity (Wildman–Crippen MR) is 80.2 cm³/mol. The van der Waals surface area contributed by atoms with Crippen LogP contribution in [0.15, 0.2) is 6.20 Å². The van der Waals surface area contributed by atoms with Gasteiger partial charge in [-0.3, -0.25) is 0 Å². The zero-order valence-corrected chi connectivity index (χ0v) is 13.0. The van der Waals surface area contributed by atoms with Crippen LogP contribution in [0.3, 0.4) is 0 Å². The third-order valence-electron chi connectivity index (χ3n) is 3.85. The van der Waals surface area contributed by atoms with Gasteiger partial charge in [0, 0.05) is 18.0 Å². The molecule has 3 rings (SSSR count). The van der Waals surface area contributed by atoms with Crippen LogP contribution in [-0.4, -0.2) is 27.2 Å². The highest BCUT2D eigenvalue weighted by atomic mass is 32.1. The van der Waals surface area contributed by atoms with E-state index in [0.717, 1.165) is 22.3 Å². The molecule has 2 aromatic heterocycles. The lowest BCUT2D eigenvalue weighted by molar-refractivity contribution is 0.482. The van der Waals surface area contributed by atoms with Crippen LogP contribution in [0.5, 0.6) is 0 Å². The summed E-state index contributed by atoms with van der Waals surface area (Å²) >= 11 is 1.71. The molecular formula is C14H22N4S. The van der Waals surface area contributed by atoms with E-state index in [9.17, 15) is 0 Å². The fourth-order valence-electron chi connectivity index (χ4n) is 2.55. The molecule has 1 atom stereocenters. The minimum absolute atomic E-state index is 0.0893. The van der Waals surface area contributed by atoms with Gasteiger partial charge in [0.2, 0.25) is 10.1 Å². The van der Waals surface area contributed by atoms with Gasteiger partial charge < -0.3 is 4.90 Å². The summed E-state index contributed by atoms with van der Waals surface area (Å²) in [7, 11) is 0. The van der Waals surface area contributed by atoms with E-state index in [1.807, 2.05) is 4.52 Å². The van der Waals surface area contributed by atoms with Gasteiger partial charge in [0.1, 0.15) is 0 Å². The Labute approximate surface area is 118 Å². The van der Waals surface area contributed by atoms with E-state index < -0.39 is 0 Å². The van der Waals surface area contributed by atoms with E-state index >= 15 is 0 Å². The van der Waals surface area contributed by atoms with E-state index in [1.165, 1.54) is 19.3 Å². The summed E-state index contributed by atoms with van der Waals surface area (Å²) in [5, 5.41) is 5.84. The van der Waals surface area contributed by atoms with Gasteiger partial charge in [-0.1, -0.05) is 32.1 Å². The molecule has 3 heterocycles. The van der Waals surface area contributed by atoms with Gasteiger partial charge >= 0.3 is 0 Å². The number of anilines is 1. The van der Waals surface area contributed by atoms with Gasteiger partial charge in [-0.25, -0.2) is 9.50 Å². The molecule has 2 aromatic rings. The highest BCUT2D eigenvalue weighted by Gasteiger charge is 2.24. The molecule has 0 unspecified atom stereocenters. The molecule has 1 fully saturated rings. The molecule has 1 saturated heterocycles. The van der Waals surface area contributed by atoms with Gasteiger partial charge in [-0.05, 0) is 26.2 Å². The standard InChI is InChI=1S/C14H22N4S/c1-10-7-5-6-8-17(10)13-16-18-9-11(14(2,3)4)15-12(18)19-13/h9-10H,5-8H2,1-4H3/t10-/m0/s1. The van der Waals surface area contributed by atoms with E-state index in [0.29, 0.717) is 6.04 Å². The van der Waals surface area contributed by atoms with Crippen LogP contribution in [0, 0.1) is 0 Å². The third kappa shape index (κ3) is 2.36. The number of hydrogen-bond acceptors (Lipinski definition) is 4. The van der Waals surface area contributed by atoms with E-state index in [4.69, 9.17) is 10.1 Å². The number of hydrogen-bond donors (Lipinski definition) is 0. The zero-order valence-electron chi connectivity index (χ0n) is 12.2. The first-order chi connectivity index (χ1) is 8.95. The van der Waals surface area contributed by atoms with Crippen molar-refractivity contribution in [2.75, 3.05) is 11.4 Å². The monoisotopic (exact) mass is 278 g/mol. The Hall–Kier alpha value is -1.10. The second-order valence-electron chi connectivity index (χ2n) is 6.53. The molecule has 0 spiro atoms. The summed E-state index contributed by atoms with van der Waals surface area (Å²) in [5.41, 5.74) is 1.20. The van der Waals surface area contributed by atoms with Crippen molar-refractivity contribution in [3.05, 3.63) is 11.9 Å². The summed E-state index contributed by atoms with van der Waals surface area (Å²) in [5.74, 6) is 0. The van der Waals surface area contributed by atoms with Crippen LogP contribution in [0.4, 0.5) is 5.13 Å². The normalized spacial score (nSPS) is 21.3. The molecule has 104 valence electrons. The minimum Gasteiger partial charge on any atom is -0.344 e. The highest BCUT2D eigenvalue weighted by Crippen LogP contribution is 2.30. The molecule has 0 amide bonds. The summed E-state index contributed by atoms with van der Waals surface area (Å²) in [6.07, 6.45) is 5.97. The van der Waals surface area contributed by atoms with Crippen molar-refractivity contribution in [1.82, 2.24) is 14.6 Å². The topological polar surface area (TPSA) is 33.4 Å². The first-order valence-corrected chi connectivity index (χ1v) is 7.90. The lowest BCUT2D eigenvalue weighted by Crippen LogP contribution is -2.37. The minimum atomic E-state index is 0.0893. The summed E-state index contributed by atoms with van der Waals surface area (Å²) < 4.78 is 1.95. The predicted octanol–water partition coefficient (Wildman–Crippen LogP) is 3.47. The van der Waals surface area contributed by atoms with Crippen molar-refractivity contribution in [1.29, 1.82) is 0 Å². The summed E-state index contributed by atoms with van der Waals surface area (Å²) in [6, 6.07) is 0.603. The molecule has 0 radical (unpaired) electrons. The molecule has 0 aliphatic carbocycles. The molecule has 0 N–H and O–H groups in total. The maximum Gasteiger partial charge on any atom is 0.214 e. The van der Waals surface area contributed by atoms with Crippen molar-refractivity contribution < 1.29 is 0 Å². The fourth-order valence-corrected chi connectivity index (χ4v) is 3.56. The SMILES string of the molecule is C[C@H]1CCCCN1c1nn2cc(C(C)(C)C)nc2s1. The van der Waals surface area contributed by atoms with Crippen LogP contribution in [0.1, 0.15) is 52.7 Å². The Kier molecular flexibility index (Phi) is 3.04. The van der Waals surface area contributed by atoms with Crippen molar-refractivity contribution in [3.8, 4) is 0 Å². The van der Waals surface area contributed by atoms with Crippen molar-refractivity contribution >= 4 is 21.4 Å². The maximum absolute atomic E-state index is 4.72. The first kappa shape index (κ1) is 12.9. The van der Waals surface area contributed by atoms with Gasteiger partial charge in [-0.2, -0.15) is 0 Å². The molecule has 5 heteroatoms. The lowest BCUT2D eigenvalue weighted by Gasteiger charge is -2.32. The van der Waals surface area contributed by atoms with E-state index in [1.54, 1.807) is 11.3 Å². The quantitative estimate of drug-likeness (QED) is 0.801. The van der Waals surface area contributed by atoms with Crippen molar-refractivity contribution in [2.24, 2.45) is 0 Å². The highest BCUT2D eigenvalue weighted by molar-refractivity contribution is 7.20. The largest absolute Gasteiger partial charge is 0.344 e. The summed E-state index contributed by atoms with van der Waals surface area (Å²) in [4.78, 5) is 8.16. The number of piperidine rings is 1. The number of aromatic nitrogens is 3. The molecule has 0 bridgehead atoms.